The van der Waals surface area contributed by atoms with Crippen LogP contribution < -0.4 is 0 Å². The summed E-state index contributed by atoms with van der Waals surface area (Å²) >= 11 is 0. The largest absolute Gasteiger partial charge is 0.220 e. The van der Waals surface area contributed by atoms with Gasteiger partial charge in [0.2, 0.25) is 0 Å². The fraction of sp³-hybridized carbons (Fsp3) is 0.333. The van der Waals surface area contributed by atoms with Crippen LogP contribution in [0.25, 0.3) is 5.69 Å². The third-order valence-corrected chi connectivity index (χ3v) is 2.36. The van der Waals surface area contributed by atoms with Gasteiger partial charge in [0.05, 0.1) is 11.9 Å². The van der Waals surface area contributed by atoms with Crippen molar-refractivity contribution >= 4 is 0 Å². The third-order valence-electron chi connectivity index (χ3n) is 2.36. The Morgan fingerprint density at radius 2 is 2.07 bits per heavy atom. The van der Waals surface area contributed by atoms with Crippen LogP contribution in [0.5, 0.6) is 0 Å². The van der Waals surface area contributed by atoms with E-state index in [1.165, 1.54) is 5.56 Å². The minimum atomic E-state index is 0.153. The second kappa shape index (κ2) is 3.50. The van der Waals surface area contributed by atoms with E-state index in [0.717, 1.165) is 5.69 Å². The molecule has 0 aliphatic carbocycles. The van der Waals surface area contributed by atoms with Gasteiger partial charge in [-0.1, -0.05) is 38.1 Å². The average Bonchev–Trinajstić information content (AvgIpc) is 2.69. The van der Waals surface area contributed by atoms with Gasteiger partial charge in [-0.15, -0.1) is 5.10 Å². The lowest BCUT2D eigenvalue weighted by atomic mass is 9.87. The first-order chi connectivity index (χ1) is 7.07. The molecule has 3 nitrogen and oxygen atoms in total. The van der Waals surface area contributed by atoms with E-state index in [4.69, 9.17) is 0 Å². The molecule has 1 heterocycles. The molecule has 2 aromatic rings. The predicted molar refractivity (Wildman–Crippen MR) is 58.9 cm³/mol. The minimum absolute atomic E-state index is 0.153. The van der Waals surface area contributed by atoms with Gasteiger partial charge < -0.3 is 0 Å². The van der Waals surface area contributed by atoms with Crippen LogP contribution in [-0.2, 0) is 5.41 Å². The van der Waals surface area contributed by atoms with Gasteiger partial charge in [0.25, 0.3) is 0 Å². The van der Waals surface area contributed by atoms with Gasteiger partial charge >= 0.3 is 0 Å². The summed E-state index contributed by atoms with van der Waals surface area (Å²) in [6.07, 6.45) is 4.41. The lowest BCUT2D eigenvalue weighted by Crippen LogP contribution is -2.11. The zero-order chi connectivity index (χ0) is 10.9. The summed E-state index contributed by atoms with van der Waals surface area (Å²) in [5.41, 5.74) is 2.46. The van der Waals surface area contributed by atoms with Gasteiger partial charge in [0, 0.05) is 0 Å². The summed E-state index contributed by atoms with van der Waals surface area (Å²) in [6, 6.07) is 8.31. The number of hydrogen-bond donors (Lipinski definition) is 0. The first-order valence-electron chi connectivity index (χ1n) is 4.97. The van der Waals surface area contributed by atoms with E-state index in [0.29, 0.717) is 0 Å². The highest BCUT2D eigenvalue weighted by atomic mass is 15.4. The summed E-state index contributed by atoms with van der Waals surface area (Å²) < 4.78 is 1.72. The summed E-state index contributed by atoms with van der Waals surface area (Å²) in [4.78, 5) is 0. The number of nitrogens with zero attached hydrogens (tertiary/aromatic N) is 3. The van der Waals surface area contributed by atoms with Gasteiger partial charge in [-0.05, 0) is 23.1 Å². The molecule has 1 aromatic carbocycles. The van der Waals surface area contributed by atoms with E-state index in [-0.39, 0.29) is 5.41 Å². The van der Waals surface area contributed by atoms with E-state index < -0.39 is 0 Å². The van der Waals surface area contributed by atoms with Crippen molar-refractivity contribution < 1.29 is 0 Å². The molecule has 3 heteroatoms. The molecule has 0 N–H and O–H groups in total. The highest BCUT2D eigenvalue weighted by Gasteiger charge is 2.13. The van der Waals surface area contributed by atoms with Crippen LogP contribution in [0.15, 0.2) is 30.5 Å². The Morgan fingerprint density at radius 1 is 1.27 bits per heavy atom. The van der Waals surface area contributed by atoms with E-state index in [1.54, 1.807) is 10.9 Å². The van der Waals surface area contributed by atoms with E-state index >= 15 is 0 Å². The predicted octanol–water partition coefficient (Wildman–Crippen LogP) is 2.36. The van der Waals surface area contributed by atoms with Crippen LogP contribution in [0.1, 0.15) is 26.3 Å². The lowest BCUT2D eigenvalue weighted by molar-refractivity contribution is 0.589. The summed E-state index contributed by atoms with van der Waals surface area (Å²) in [6.45, 7) is 6.58. The highest BCUT2D eigenvalue weighted by molar-refractivity contribution is 5.37. The van der Waals surface area contributed by atoms with Crippen LogP contribution in [0.3, 0.4) is 0 Å². The molecule has 0 spiro atoms. The minimum Gasteiger partial charge on any atom is -0.220 e. The average molecular weight is 200 g/mol. The van der Waals surface area contributed by atoms with Crippen molar-refractivity contribution in [1.82, 2.24) is 15.0 Å². The first kappa shape index (κ1) is 9.90. The van der Waals surface area contributed by atoms with Crippen molar-refractivity contribution in [2.45, 2.75) is 26.2 Å². The van der Waals surface area contributed by atoms with Crippen LogP contribution >= 0.6 is 0 Å². The number of aromatic nitrogens is 3. The maximum absolute atomic E-state index is 3.92. The van der Waals surface area contributed by atoms with Crippen molar-refractivity contribution in [3.63, 3.8) is 0 Å². The van der Waals surface area contributed by atoms with Gasteiger partial charge in [-0.25, -0.2) is 4.68 Å². The smallest absolute Gasteiger partial charge is 0.135 e. The van der Waals surface area contributed by atoms with Gasteiger partial charge in [0.1, 0.15) is 6.20 Å². The molecule has 0 bridgehead atoms. The molecule has 1 aromatic heterocycles. The summed E-state index contributed by atoms with van der Waals surface area (Å²) in [5, 5.41) is 7.60. The zero-order valence-corrected chi connectivity index (χ0v) is 9.23. The Labute approximate surface area is 89.7 Å². The van der Waals surface area contributed by atoms with Gasteiger partial charge in [-0.3, -0.25) is 0 Å². The molecule has 0 fully saturated rings. The topological polar surface area (TPSA) is 30.7 Å². The van der Waals surface area contributed by atoms with Crippen molar-refractivity contribution in [3.05, 3.63) is 42.2 Å². The second-order valence-corrected chi connectivity index (χ2v) is 4.59. The summed E-state index contributed by atoms with van der Waals surface area (Å²) in [7, 11) is 0. The number of benzene rings is 1. The van der Waals surface area contributed by atoms with Crippen molar-refractivity contribution in [2.24, 2.45) is 0 Å². The molecule has 0 unspecified atom stereocenters. The fourth-order valence-electron chi connectivity index (χ4n) is 1.42. The SMILES string of the molecule is CC(C)(C)c1cccc(-n2c[c]nn2)c1. The molecule has 15 heavy (non-hydrogen) atoms. The quantitative estimate of drug-likeness (QED) is 0.707. The molecule has 2 rings (SSSR count). The Balaban J connectivity index is 2.44. The van der Waals surface area contributed by atoms with Crippen molar-refractivity contribution in [2.75, 3.05) is 0 Å². The molecule has 0 aliphatic heterocycles. The van der Waals surface area contributed by atoms with Crippen molar-refractivity contribution in [3.8, 4) is 5.69 Å². The molecule has 0 saturated carbocycles. The molecule has 0 aliphatic rings. The normalized spacial score (nSPS) is 11.7. The fourth-order valence-corrected chi connectivity index (χ4v) is 1.42. The Bertz CT molecular complexity index is 438. The van der Waals surface area contributed by atoms with Gasteiger partial charge in [-0.2, -0.15) is 0 Å². The zero-order valence-electron chi connectivity index (χ0n) is 9.23. The Hall–Kier alpha value is -1.64. The van der Waals surface area contributed by atoms with E-state index in [2.05, 4.69) is 49.4 Å². The van der Waals surface area contributed by atoms with Crippen LogP contribution in [0, 0.1) is 6.20 Å². The Morgan fingerprint density at radius 3 is 2.67 bits per heavy atom. The standard InChI is InChI=1S/C12H14N3/c1-12(2,3)10-5-4-6-11(9-10)15-8-7-13-14-15/h4-6,8-9H,1-3H3. The van der Waals surface area contributed by atoms with Crippen LogP contribution in [0.4, 0.5) is 0 Å². The molecule has 0 amide bonds. The maximum Gasteiger partial charge on any atom is 0.135 e. The maximum atomic E-state index is 3.92. The molecule has 0 atom stereocenters. The molecular formula is C12H14N3. The molecule has 77 valence electrons. The number of hydrogen-bond acceptors (Lipinski definition) is 2. The Kier molecular flexibility index (Phi) is 2.31. The highest BCUT2D eigenvalue weighted by Crippen LogP contribution is 2.23. The lowest BCUT2D eigenvalue weighted by Gasteiger charge is -2.19. The van der Waals surface area contributed by atoms with Crippen LogP contribution in [-0.4, -0.2) is 15.0 Å². The molecule has 0 saturated heterocycles. The monoisotopic (exact) mass is 200 g/mol. The molecular weight excluding hydrogens is 186 g/mol. The van der Waals surface area contributed by atoms with E-state index in [9.17, 15) is 0 Å². The summed E-state index contributed by atoms with van der Waals surface area (Å²) in [5.74, 6) is 0. The third kappa shape index (κ3) is 2.06. The van der Waals surface area contributed by atoms with Gasteiger partial charge in [0.15, 0.2) is 0 Å². The molecule has 1 radical (unpaired) electrons. The number of rotatable bonds is 1. The van der Waals surface area contributed by atoms with Crippen LogP contribution in [0.2, 0.25) is 0 Å². The van der Waals surface area contributed by atoms with Crippen molar-refractivity contribution in [1.29, 1.82) is 0 Å². The second-order valence-electron chi connectivity index (χ2n) is 4.59. The first-order valence-corrected chi connectivity index (χ1v) is 4.97. The van der Waals surface area contributed by atoms with E-state index in [1.807, 2.05) is 12.1 Å².